The lowest BCUT2D eigenvalue weighted by atomic mass is 9.77. The summed E-state index contributed by atoms with van der Waals surface area (Å²) in [5.41, 5.74) is 0. The number of likely N-dealkylation sites (tertiary alicyclic amines) is 1. The Bertz CT molecular complexity index is 305. The van der Waals surface area contributed by atoms with Crippen LogP contribution in [0.25, 0.3) is 0 Å². The maximum atomic E-state index is 4.00. The molecule has 4 unspecified atom stereocenters. The zero-order valence-corrected chi connectivity index (χ0v) is 13.5. The molecule has 3 nitrogen and oxygen atoms in total. The molecule has 116 valence electrons. The Labute approximate surface area is 125 Å². The number of rotatable bonds is 4. The molecule has 0 radical (unpaired) electrons. The molecule has 3 fully saturated rings. The van der Waals surface area contributed by atoms with Crippen molar-refractivity contribution in [1.82, 2.24) is 15.1 Å². The molecule has 0 aromatic rings. The highest BCUT2D eigenvalue weighted by Gasteiger charge is 2.34. The standard InChI is InChI=1S/C17H33N3/c1-19(2)13-16-7-5-11-20(16)12-15-10-9-14-6-3-4-8-17(14)18-15/h14-18H,3-13H2,1-2H3. The highest BCUT2D eigenvalue weighted by Crippen LogP contribution is 2.32. The van der Waals surface area contributed by atoms with Crippen LogP contribution in [0.4, 0.5) is 0 Å². The van der Waals surface area contributed by atoms with Crippen LogP contribution in [-0.2, 0) is 0 Å². The van der Waals surface area contributed by atoms with Crippen molar-refractivity contribution < 1.29 is 0 Å². The van der Waals surface area contributed by atoms with Crippen LogP contribution in [0.2, 0.25) is 0 Å². The molecule has 0 aromatic heterocycles. The molecule has 3 heteroatoms. The number of hydrogen-bond acceptors (Lipinski definition) is 3. The van der Waals surface area contributed by atoms with Gasteiger partial charge in [0.1, 0.15) is 0 Å². The highest BCUT2D eigenvalue weighted by atomic mass is 15.2. The van der Waals surface area contributed by atoms with Gasteiger partial charge in [-0.3, -0.25) is 4.90 Å². The predicted octanol–water partition coefficient (Wildman–Crippen LogP) is 2.32. The molecule has 1 saturated carbocycles. The van der Waals surface area contributed by atoms with E-state index in [1.54, 1.807) is 0 Å². The molecule has 0 amide bonds. The van der Waals surface area contributed by atoms with Crippen LogP contribution in [-0.4, -0.2) is 61.7 Å². The first-order valence-electron chi connectivity index (χ1n) is 8.87. The number of piperidine rings is 1. The monoisotopic (exact) mass is 279 g/mol. The molecular weight excluding hydrogens is 246 g/mol. The van der Waals surface area contributed by atoms with E-state index >= 15 is 0 Å². The number of nitrogens with zero attached hydrogens (tertiary/aromatic N) is 2. The van der Waals surface area contributed by atoms with Gasteiger partial charge >= 0.3 is 0 Å². The third-order valence-corrected chi connectivity index (χ3v) is 5.77. The zero-order chi connectivity index (χ0) is 13.9. The molecule has 1 N–H and O–H groups in total. The third kappa shape index (κ3) is 3.55. The van der Waals surface area contributed by atoms with Crippen molar-refractivity contribution in [3.63, 3.8) is 0 Å². The SMILES string of the molecule is CN(C)CC1CCCN1CC1CCC2CCCCC2N1. The summed E-state index contributed by atoms with van der Waals surface area (Å²) < 4.78 is 0. The Hall–Kier alpha value is -0.120. The maximum Gasteiger partial charge on any atom is 0.0224 e. The first kappa shape index (κ1) is 14.8. The number of fused-ring (bicyclic) bond motifs is 1. The molecule has 2 aliphatic heterocycles. The topological polar surface area (TPSA) is 18.5 Å². The molecular formula is C17H33N3. The van der Waals surface area contributed by atoms with Gasteiger partial charge in [-0.1, -0.05) is 12.8 Å². The van der Waals surface area contributed by atoms with E-state index in [1.165, 1.54) is 71.0 Å². The lowest BCUT2D eigenvalue weighted by Gasteiger charge is -2.42. The minimum atomic E-state index is 0.761. The van der Waals surface area contributed by atoms with E-state index in [0.29, 0.717) is 0 Å². The quantitative estimate of drug-likeness (QED) is 0.852. The Morgan fingerprint density at radius 2 is 1.85 bits per heavy atom. The normalized spacial score (nSPS) is 39.1. The smallest absolute Gasteiger partial charge is 0.0224 e. The van der Waals surface area contributed by atoms with Crippen LogP contribution in [0.3, 0.4) is 0 Å². The number of nitrogens with one attached hydrogen (secondary N) is 1. The van der Waals surface area contributed by atoms with Gasteiger partial charge in [0.2, 0.25) is 0 Å². The van der Waals surface area contributed by atoms with Crippen LogP contribution >= 0.6 is 0 Å². The second kappa shape index (κ2) is 6.76. The van der Waals surface area contributed by atoms with E-state index in [0.717, 1.165) is 24.0 Å². The summed E-state index contributed by atoms with van der Waals surface area (Å²) in [6.45, 7) is 3.85. The van der Waals surface area contributed by atoms with Crippen LogP contribution < -0.4 is 5.32 Å². The largest absolute Gasteiger partial charge is 0.310 e. The Morgan fingerprint density at radius 1 is 1.00 bits per heavy atom. The summed E-state index contributed by atoms with van der Waals surface area (Å²) in [5.74, 6) is 0.996. The van der Waals surface area contributed by atoms with Crippen molar-refractivity contribution in [3.8, 4) is 0 Å². The molecule has 2 saturated heterocycles. The van der Waals surface area contributed by atoms with Gasteiger partial charge in [-0.15, -0.1) is 0 Å². The molecule has 4 atom stereocenters. The van der Waals surface area contributed by atoms with Crippen LogP contribution in [0.1, 0.15) is 51.4 Å². The van der Waals surface area contributed by atoms with Gasteiger partial charge in [-0.2, -0.15) is 0 Å². The Morgan fingerprint density at radius 3 is 2.70 bits per heavy atom. The minimum Gasteiger partial charge on any atom is -0.310 e. The fraction of sp³-hybridized carbons (Fsp3) is 1.00. The van der Waals surface area contributed by atoms with Crippen LogP contribution in [0, 0.1) is 5.92 Å². The molecule has 3 aliphatic rings. The lowest BCUT2D eigenvalue weighted by Crippen LogP contribution is -2.54. The molecule has 2 heterocycles. The van der Waals surface area contributed by atoms with Crippen molar-refractivity contribution in [2.75, 3.05) is 33.7 Å². The van der Waals surface area contributed by atoms with E-state index in [1.807, 2.05) is 0 Å². The van der Waals surface area contributed by atoms with Crippen molar-refractivity contribution in [2.24, 2.45) is 5.92 Å². The van der Waals surface area contributed by atoms with Gasteiger partial charge in [0, 0.05) is 31.2 Å². The van der Waals surface area contributed by atoms with Crippen LogP contribution in [0.15, 0.2) is 0 Å². The summed E-state index contributed by atoms with van der Waals surface area (Å²) in [6.07, 6.45) is 11.5. The maximum absolute atomic E-state index is 4.00. The van der Waals surface area contributed by atoms with E-state index < -0.39 is 0 Å². The fourth-order valence-corrected chi connectivity index (χ4v) is 4.76. The average molecular weight is 279 g/mol. The summed E-state index contributed by atoms with van der Waals surface area (Å²) in [6, 6.07) is 2.41. The Kier molecular flexibility index (Phi) is 5.00. The summed E-state index contributed by atoms with van der Waals surface area (Å²) in [7, 11) is 4.42. The van der Waals surface area contributed by atoms with Crippen molar-refractivity contribution in [1.29, 1.82) is 0 Å². The molecule has 0 aromatic carbocycles. The highest BCUT2D eigenvalue weighted by molar-refractivity contribution is 4.92. The van der Waals surface area contributed by atoms with E-state index in [4.69, 9.17) is 0 Å². The number of likely N-dealkylation sites (N-methyl/N-ethyl adjacent to an activating group) is 1. The van der Waals surface area contributed by atoms with E-state index in [2.05, 4.69) is 29.2 Å². The summed E-state index contributed by atoms with van der Waals surface area (Å²) in [5, 5.41) is 4.00. The summed E-state index contributed by atoms with van der Waals surface area (Å²) in [4.78, 5) is 5.12. The van der Waals surface area contributed by atoms with E-state index in [-0.39, 0.29) is 0 Å². The number of hydrogen-bond donors (Lipinski definition) is 1. The van der Waals surface area contributed by atoms with Gasteiger partial charge in [0.25, 0.3) is 0 Å². The molecule has 3 rings (SSSR count). The van der Waals surface area contributed by atoms with Crippen molar-refractivity contribution >= 4 is 0 Å². The molecule has 0 spiro atoms. The fourth-order valence-electron chi connectivity index (χ4n) is 4.76. The third-order valence-electron chi connectivity index (χ3n) is 5.77. The van der Waals surface area contributed by atoms with Crippen LogP contribution in [0.5, 0.6) is 0 Å². The first-order chi connectivity index (χ1) is 9.72. The second-order valence-electron chi connectivity index (χ2n) is 7.65. The molecule has 20 heavy (non-hydrogen) atoms. The van der Waals surface area contributed by atoms with E-state index in [9.17, 15) is 0 Å². The van der Waals surface area contributed by atoms with Gasteiger partial charge < -0.3 is 10.2 Å². The van der Waals surface area contributed by atoms with Crippen molar-refractivity contribution in [3.05, 3.63) is 0 Å². The first-order valence-corrected chi connectivity index (χ1v) is 8.87. The zero-order valence-electron chi connectivity index (χ0n) is 13.5. The van der Waals surface area contributed by atoms with Gasteiger partial charge in [0.05, 0.1) is 0 Å². The predicted molar refractivity (Wildman–Crippen MR) is 85.1 cm³/mol. The molecule has 0 bridgehead atoms. The lowest BCUT2D eigenvalue weighted by molar-refractivity contribution is 0.130. The summed E-state index contributed by atoms with van der Waals surface area (Å²) >= 11 is 0. The van der Waals surface area contributed by atoms with Gasteiger partial charge in [-0.05, 0) is 65.1 Å². The average Bonchev–Trinajstić information content (AvgIpc) is 2.85. The van der Waals surface area contributed by atoms with Gasteiger partial charge in [-0.25, -0.2) is 0 Å². The Balaban J connectivity index is 1.50. The van der Waals surface area contributed by atoms with Crippen molar-refractivity contribution in [2.45, 2.75) is 69.5 Å². The second-order valence-corrected chi connectivity index (χ2v) is 7.65. The van der Waals surface area contributed by atoms with Gasteiger partial charge in [0.15, 0.2) is 0 Å². The minimum absolute atomic E-state index is 0.761. The molecule has 1 aliphatic carbocycles.